The molecule has 0 aliphatic rings. The van der Waals surface area contributed by atoms with Gasteiger partial charge in [0, 0.05) is 11.1 Å². The SMILES string of the molecule is COC(=O)C(NC(=O)c1cccc(C(N)=O)c1)c1ccc(-c2cc(F)c(F)c(F)c2)cc1. The van der Waals surface area contributed by atoms with E-state index in [0.29, 0.717) is 11.1 Å². The number of ether oxygens (including phenoxy) is 1. The molecule has 0 heterocycles. The predicted molar refractivity (Wildman–Crippen MR) is 109 cm³/mol. The molecule has 1 atom stereocenters. The Balaban J connectivity index is 1.88. The molecule has 3 N–H and O–H groups in total. The fourth-order valence-corrected chi connectivity index (χ4v) is 3.01. The Morgan fingerprint density at radius 3 is 2.03 bits per heavy atom. The van der Waals surface area contributed by atoms with Gasteiger partial charge in [0.2, 0.25) is 5.91 Å². The van der Waals surface area contributed by atoms with Crippen LogP contribution in [0.4, 0.5) is 13.2 Å². The molecule has 0 aromatic heterocycles. The molecule has 32 heavy (non-hydrogen) atoms. The molecular weight excluding hydrogens is 425 g/mol. The fraction of sp³-hybridized carbons (Fsp3) is 0.0870. The minimum Gasteiger partial charge on any atom is -0.467 e. The number of halogens is 3. The number of nitrogens with two attached hydrogens (primary N) is 1. The number of nitrogens with one attached hydrogen (secondary N) is 1. The van der Waals surface area contributed by atoms with Crippen molar-refractivity contribution in [2.75, 3.05) is 7.11 Å². The standard InChI is InChI=1S/C23H17F3N2O4/c1-32-23(31)20(28-22(30)15-4-2-3-14(9-15)21(27)29)13-7-5-12(6-8-13)16-10-17(24)19(26)18(25)11-16/h2-11,20H,1H3,(H2,27,29)(H,28,30). The lowest BCUT2D eigenvalue weighted by Crippen LogP contribution is -2.34. The predicted octanol–water partition coefficient (Wildman–Crippen LogP) is 3.51. The summed E-state index contributed by atoms with van der Waals surface area (Å²) >= 11 is 0. The van der Waals surface area contributed by atoms with Gasteiger partial charge in [-0.2, -0.15) is 0 Å². The monoisotopic (exact) mass is 442 g/mol. The van der Waals surface area contributed by atoms with Gasteiger partial charge in [-0.25, -0.2) is 18.0 Å². The molecule has 0 aliphatic heterocycles. The van der Waals surface area contributed by atoms with Crippen LogP contribution < -0.4 is 11.1 Å². The highest BCUT2D eigenvalue weighted by Gasteiger charge is 2.24. The molecule has 0 bridgehead atoms. The van der Waals surface area contributed by atoms with Crippen LogP contribution in [0.1, 0.15) is 32.3 Å². The second-order valence-electron chi connectivity index (χ2n) is 6.75. The lowest BCUT2D eigenvalue weighted by Gasteiger charge is -2.17. The number of carbonyl (C=O) groups excluding carboxylic acids is 3. The van der Waals surface area contributed by atoms with E-state index in [2.05, 4.69) is 5.32 Å². The van der Waals surface area contributed by atoms with E-state index in [9.17, 15) is 27.6 Å². The lowest BCUT2D eigenvalue weighted by atomic mass is 10.00. The van der Waals surface area contributed by atoms with Crippen LogP contribution in [0.15, 0.2) is 60.7 Å². The van der Waals surface area contributed by atoms with Crippen LogP contribution in [0.3, 0.4) is 0 Å². The van der Waals surface area contributed by atoms with Crippen molar-refractivity contribution in [2.45, 2.75) is 6.04 Å². The van der Waals surface area contributed by atoms with E-state index < -0.39 is 41.3 Å². The number of hydrogen-bond acceptors (Lipinski definition) is 4. The number of hydrogen-bond donors (Lipinski definition) is 2. The third-order valence-electron chi connectivity index (χ3n) is 4.68. The van der Waals surface area contributed by atoms with Gasteiger partial charge in [0.1, 0.15) is 0 Å². The van der Waals surface area contributed by atoms with E-state index in [-0.39, 0.29) is 16.7 Å². The van der Waals surface area contributed by atoms with Gasteiger partial charge in [-0.3, -0.25) is 9.59 Å². The highest BCUT2D eigenvalue weighted by atomic mass is 19.2. The van der Waals surface area contributed by atoms with E-state index in [1.54, 1.807) is 0 Å². The van der Waals surface area contributed by atoms with Gasteiger partial charge in [0.25, 0.3) is 5.91 Å². The Hall–Kier alpha value is -4.14. The molecule has 3 aromatic rings. The molecule has 3 aromatic carbocycles. The number of benzene rings is 3. The summed E-state index contributed by atoms with van der Waals surface area (Å²) in [5, 5.41) is 2.52. The smallest absolute Gasteiger partial charge is 0.333 e. The van der Waals surface area contributed by atoms with Crippen molar-refractivity contribution in [3.05, 3.63) is 94.8 Å². The molecule has 6 nitrogen and oxygen atoms in total. The summed E-state index contributed by atoms with van der Waals surface area (Å²) < 4.78 is 45.0. The number of carbonyl (C=O) groups is 3. The van der Waals surface area contributed by atoms with E-state index in [4.69, 9.17) is 10.5 Å². The van der Waals surface area contributed by atoms with Crippen molar-refractivity contribution in [1.29, 1.82) is 0 Å². The zero-order valence-electron chi connectivity index (χ0n) is 16.7. The molecule has 0 spiro atoms. The topological polar surface area (TPSA) is 98.5 Å². The molecule has 3 rings (SSSR count). The Bertz CT molecular complexity index is 1170. The summed E-state index contributed by atoms with van der Waals surface area (Å²) in [7, 11) is 1.15. The molecule has 0 radical (unpaired) electrons. The average molecular weight is 442 g/mol. The summed E-state index contributed by atoms with van der Waals surface area (Å²) in [6.45, 7) is 0. The quantitative estimate of drug-likeness (QED) is 0.451. The molecule has 0 saturated carbocycles. The first kappa shape index (κ1) is 22.5. The lowest BCUT2D eigenvalue weighted by molar-refractivity contribution is -0.143. The third kappa shape index (κ3) is 4.77. The Labute approximate surface area is 180 Å². The van der Waals surface area contributed by atoms with Gasteiger partial charge < -0.3 is 15.8 Å². The van der Waals surface area contributed by atoms with Crippen LogP contribution in [-0.2, 0) is 9.53 Å². The van der Waals surface area contributed by atoms with Crippen molar-refractivity contribution in [3.8, 4) is 11.1 Å². The maximum Gasteiger partial charge on any atom is 0.333 e. The van der Waals surface area contributed by atoms with Crippen molar-refractivity contribution < 1.29 is 32.3 Å². The van der Waals surface area contributed by atoms with Crippen molar-refractivity contribution in [3.63, 3.8) is 0 Å². The molecule has 1 unspecified atom stereocenters. The number of methoxy groups -OCH3 is 1. The van der Waals surface area contributed by atoms with Crippen LogP contribution in [0, 0.1) is 17.5 Å². The van der Waals surface area contributed by atoms with Crippen LogP contribution in [0.5, 0.6) is 0 Å². The molecule has 0 aliphatic carbocycles. The van der Waals surface area contributed by atoms with E-state index in [1.165, 1.54) is 48.5 Å². The highest BCUT2D eigenvalue weighted by Crippen LogP contribution is 2.26. The van der Waals surface area contributed by atoms with Crippen molar-refractivity contribution in [2.24, 2.45) is 5.73 Å². The van der Waals surface area contributed by atoms with Gasteiger partial charge in [0.05, 0.1) is 7.11 Å². The Morgan fingerprint density at radius 1 is 0.875 bits per heavy atom. The van der Waals surface area contributed by atoms with E-state index in [1.807, 2.05) is 0 Å². The minimum absolute atomic E-state index is 0.0925. The fourth-order valence-electron chi connectivity index (χ4n) is 3.01. The van der Waals surface area contributed by atoms with Crippen LogP contribution in [0.2, 0.25) is 0 Å². The minimum atomic E-state index is -1.57. The first-order valence-corrected chi connectivity index (χ1v) is 9.24. The van der Waals surface area contributed by atoms with Gasteiger partial charge in [0.15, 0.2) is 23.5 Å². The number of esters is 1. The molecule has 2 amide bonds. The number of amides is 2. The molecular formula is C23H17F3N2O4. The number of primary amides is 1. The maximum absolute atomic E-state index is 13.5. The maximum atomic E-state index is 13.5. The summed E-state index contributed by atoms with van der Waals surface area (Å²) in [5.74, 6) is -6.37. The normalized spacial score (nSPS) is 11.5. The summed E-state index contributed by atoms with van der Waals surface area (Å²) in [4.78, 5) is 36.2. The van der Waals surface area contributed by atoms with Gasteiger partial charge in [-0.15, -0.1) is 0 Å². The second-order valence-corrected chi connectivity index (χ2v) is 6.75. The molecule has 164 valence electrons. The van der Waals surface area contributed by atoms with Crippen LogP contribution in [0.25, 0.3) is 11.1 Å². The van der Waals surface area contributed by atoms with Crippen LogP contribution >= 0.6 is 0 Å². The number of rotatable bonds is 6. The Morgan fingerprint density at radius 2 is 1.47 bits per heavy atom. The Kier molecular flexibility index (Phi) is 6.58. The van der Waals surface area contributed by atoms with Gasteiger partial charge in [-0.1, -0.05) is 30.3 Å². The summed E-state index contributed by atoms with van der Waals surface area (Å²) in [6.07, 6.45) is 0. The first-order chi connectivity index (χ1) is 15.2. The molecule has 0 fully saturated rings. The van der Waals surface area contributed by atoms with Crippen LogP contribution in [-0.4, -0.2) is 24.9 Å². The van der Waals surface area contributed by atoms with E-state index >= 15 is 0 Å². The average Bonchev–Trinajstić information content (AvgIpc) is 2.80. The van der Waals surface area contributed by atoms with Crippen molar-refractivity contribution >= 4 is 17.8 Å². The third-order valence-corrected chi connectivity index (χ3v) is 4.68. The zero-order valence-corrected chi connectivity index (χ0v) is 16.7. The largest absolute Gasteiger partial charge is 0.467 e. The van der Waals surface area contributed by atoms with E-state index in [0.717, 1.165) is 19.2 Å². The highest BCUT2D eigenvalue weighted by molar-refractivity contribution is 6.00. The van der Waals surface area contributed by atoms with Gasteiger partial charge in [-0.05, 0) is 47.0 Å². The summed E-state index contributed by atoms with van der Waals surface area (Å²) in [6, 6.07) is 11.9. The molecule has 0 saturated heterocycles. The van der Waals surface area contributed by atoms with Gasteiger partial charge >= 0.3 is 5.97 Å². The summed E-state index contributed by atoms with van der Waals surface area (Å²) in [5.41, 5.74) is 6.21. The van der Waals surface area contributed by atoms with Crippen molar-refractivity contribution in [1.82, 2.24) is 5.32 Å². The molecule has 9 heteroatoms. The first-order valence-electron chi connectivity index (χ1n) is 9.24. The second kappa shape index (κ2) is 9.34. The zero-order chi connectivity index (χ0) is 23.4.